The highest BCUT2D eigenvalue weighted by Crippen LogP contribution is 2.24. The standard InChI is InChI=1S/C10H15N3O2/c1-5-13-9(14)7(3)6(2)8(10(13)15)12-11-4/h14H,5H2,1-4H3. The van der Waals surface area contributed by atoms with Crippen molar-refractivity contribution in [1.82, 2.24) is 4.57 Å². The molecule has 5 heteroatoms. The van der Waals surface area contributed by atoms with Crippen molar-refractivity contribution < 1.29 is 5.11 Å². The van der Waals surface area contributed by atoms with Crippen LogP contribution in [-0.2, 0) is 6.54 Å². The van der Waals surface area contributed by atoms with Crippen molar-refractivity contribution in [3.05, 3.63) is 21.5 Å². The maximum atomic E-state index is 11.8. The minimum absolute atomic E-state index is 0.00931. The van der Waals surface area contributed by atoms with Gasteiger partial charge in [0.1, 0.15) is 0 Å². The molecular formula is C10H15N3O2. The Morgan fingerprint density at radius 3 is 2.40 bits per heavy atom. The van der Waals surface area contributed by atoms with Gasteiger partial charge in [-0.1, -0.05) is 0 Å². The lowest BCUT2D eigenvalue weighted by Gasteiger charge is -2.11. The zero-order valence-corrected chi connectivity index (χ0v) is 9.40. The average molecular weight is 209 g/mol. The normalized spacial score (nSPS) is 11.2. The quantitative estimate of drug-likeness (QED) is 0.756. The molecule has 0 saturated carbocycles. The number of hydrogen-bond acceptors (Lipinski definition) is 4. The van der Waals surface area contributed by atoms with Crippen molar-refractivity contribution in [3.63, 3.8) is 0 Å². The molecule has 1 rings (SSSR count). The first-order valence-corrected chi connectivity index (χ1v) is 4.77. The molecule has 5 nitrogen and oxygen atoms in total. The van der Waals surface area contributed by atoms with Crippen molar-refractivity contribution in [3.8, 4) is 5.88 Å². The van der Waals surface area contributed by atoms with E-state index in [2.05, 4.69) is 10.2 Å². The summed E-state index contributed by atoms with van der Waals surface area (Å²) in [6, 6.07) is 0. The van der Waals surface area contributed by atoms with Crippen LogP contribution in [0.25, 0.3) is 0 Å². The molecule has 0 aliphatic heterocycles. The van der Waals surface area contributed by atoms with Crippen LogP contribution >= 0.6 is 0 Å². The Bertz CT molecular complexity index is 461. The van der Waals surface area contributed by atoms with Gasteiger partial charge in [0.15, 0.2) is 11.6 Å². The van der Waals surface area contributed by atoms with E-state index in [0.29, 0.717) is 23.4 Å². The van der Waals surface area contributed by atoms with E-state index >= 15 is 0 Å². The monoisotopic (exact) mass is 209 g/mol. The second-order valence-electron chi connectivity index (χ2n) is 3.27. The third kappa shape index (κ3) is 1.77. The molecule has 15 heavy (non-hydrogen) atoms. The van der Waals surface area contributed by atoms with Gasteiger partial charge in [-0.2, -0.15) is 10.2 Å². The van der Waals surface area contributed by atoms with Crippen molar-refractivity contribution in [2.75, 3.05) is 7.05 Å². The van der Waals surface area contributed by atoms with E-state index in [9.17, 15) is 9.90 Å². The average Bonchev–Trinajstić information content (AvgIpc) is 2.22. The van der Waals surface area contributed by atoms with Gasteiger partial charge >= 0.3 is 0 Å². The molecule has 1 aromatic heterocycles. The van der Waals surface area contributed by atoms with Gasteiger partial charge in [0.05, 0.1) is 0 Å². The molecule has 0 radical (unpaired) electrons. The molecule has 82 valence electrons. The summed E-state index contributed by atoms with van der Waals surface area (Å²) >= 11 is 0. The number of rotatable bonds is 2. The largest absolute Gasteiger partial charge is 0.494 e. The number of nitrogens with zero attached hydrogens (tertiary/aromatic N) is 3. The zero-order chi connectivity index (χ0) is 11.6. The summed E-state index contributed by atoms with van der Waals surface area (Å²) in [5.41, 5.74) is 1.34. The zero-order valence-electron chi connectivity index (χ0n) is 9.40. The third-order valence-electron chi connectivity index (χ3n) is 2.47. The minimum Gasteiger partial charge on any atom is -0.494 e. The van der Waals surface area contributed by atoms with Gasteiger partial charge in [-0.05, 0) is 26.3 Å². The molecule has 0 aliphatic rings. The van der Waals surface area contributed by atoms with E-state index in [1.54, 1.807) is 20.8 Å². The van der Waals surface area contributed by atoms with Gasteiger partial charge in [0.25, 0.3) is 5.56 Å². The van der Waals surface area contributed by atoms with Crippen LogP contribution in [0.1, 0.15) is 18.1 Å². The second-order valence-corrected chi connectivity index (χ2v) is 3.27. The third-order valence-corrected chi connectivity index (χ3v) is 2.47. The Labute approximate surface area is 88.1 Å². The van der Waals surface area contributed by atoms with Gasteiger partial charge in [-0.3, -0.25) is 9.36 Å². The van der Waals surface area contributed by atoms with Crippen molar-refractivity contribution >= 4 is 5.69 Å². The van der Waals surface area contributed by atoms with Gasteiger partial charge < -0.3 is 5.11 Å². The highest BCUT2D eigenvalue weighted by atomic mass is 16.3. The lowest BCUT2D eigenvalue weighted by Crippen LogP contribution is -2.20. The van der Waals surface area contributed by atoms with E-state index in [1.807, 2.05) is 0 Å². The van der Waals surface area contributed by atoms with Crippen molar-refractivity contribution in [2.45, 2.75) is 27.3 Å². The smallest absolute Gasteiger partial charge is 0.281 e. The van der Waals surface area contributed by atoms with Gasteiger partial charge in [0, 0.05) is 19.2 Å². The van der Waals surface area contributed by atoms with Gasteiger partial charge in [0.2, 0.25) is 0 Å². The fourth-order valence-electron chi connectivity index (χ4n) is 1.44. The molecule has 0 bridgehead atoms. The second kappa shape index (κ2) is 4.25. The summed E-state index contributed by atoms with van der Waals surface area (Å²) in [5.74, 6) is 0.00931. The van der Waals surface area contributed by atoms with Crippen LogP contribution in [0, 0.1) is 13.8 Å². The van der Waals surface area contributed by atoms with Gasteiger partial charge in [-0.15, -0.1) is 0 Å². The summed E-state index contributed by atoms with van der Waals surface area (Å²) in [6.45, 7) is 5.71. The van der Waals surface area contributed by atoms with Crippen LogP contribution < -0.4 is 5.56 Å². The van der Waals surface area contributed by atoms with Crippen LogP contribution in [0.4, 0.5) is 5.69 Å². The van der Waals surface area contributed by atoms with E-state index in [4.69, 9.17) is 0 Å². The molecule has 0 aliphatic carbocycles. The van der Waals surface area contributed by atoms with E-state index in [1.165, 1.54) is 11.6 Å². The highest BCUT2D eigenvalue weighted by molar-refractivity contribution is 5.50. The number of azo groups is 1. The maximum absolute atomic E-state index is 11.8. The summed E-state index contributed by atoms with van der Waals surface area (Å²) in [7, 11) is 1.51. The number of aromatic nitrogens is 1. The topological polar surface area (TPSA) is 66.9 Å². The van der Waals surface area contributed by atoms with E-state index in [0.717, 1.165) is 0 Å². The number of hydrogen-bond donors (Lipinski definition) is 1. The Morgan fingerprint density at radius 2 is 1.93 bits per heavy atom. The molecule has 1 aromatic rings. The molecule has 0 amide bonds. The lowest BCUT2D eigenvalue weighted by atomic mass is 10.1. The fourth-order valence-corrected chi connectivity index (χ4v) is 1.44. The summed E-state index contributed by atoms with van der Waals surface area (Å²) in [6.07, 6.45) is 0. The maximum Gasteiger partial charge on any atom is 0.281 e. The molecular weight excluding hydrogens is 194 g/mol. The Morgan fingerprint density at radius 1 is 1.33 bits per heavy atom. The molecule has 0 saturated heterocycles. The number of pyridine rings is 1. The molecule has 1 heterocycles. The number of aromatic hydroxyl groups is 1. The molecule has 0 aromatic carbocycles. The van der Waals surface area contributed by atoms with E-state index in [-0.39, 0.29) is 11.4 Å². The van der Waals surface area contributed by atoms with E-state index < -0.39 is 0 Å². The first-order valence-electron chi connectivity index (χ1n) is 4.77. The lowest BCUT2D eigenvalue weighted by molar-refractivity contribution is 0.406. The molecule has 0 fully saturated rings. The van der Waals surface area contributed by atoms with Crippen LogP contribution in [-0.4, -0.2) is 16.7 Å². The minimum atomic E-state index is -0.302. The predicted molar refractivity (Wildman–Crippen MR) is 58.0 cm³/mol. The Kier molecular flexibility index (Phi) is 3.24. The van der Waals surface area contributed by atoms with Crippen LogP contribution in [0.2, 0.25) is 0 Å². The van der Waals surface area contributed by atoms with Crippen LogP contribution in [0.15, 0.2) is 15.0 Å². The summed E-state index contributed by atoms with van der Waals surface area (Å²) < 4.78 is 1.28. The van der Waals surface area contributed by atoms with Gasteiger partial charge in [-0.25, -0.2) is 0 Å². The molecule has 0 atom stereocenters. The predicted octanol–water partition coefficient (Wildman–Crippen LogP) is 1.90. The SMILES string of the molecule is CCn1c(O)c(C)c(C)c(N=NC)c1=O. The summed E-state index contributed by atoms with van der Waals surface area (Å²) in [5, 5.41) is 17.1. The molecule has 0 unspecified atom stereocenters. The molecule has 1 N–H and O–H groups in total. The fraction of sp³-hybridized carbons (Fsp3) is 0.500. The Hall–Kier alpha value is -1.65. The van der Waals surface area contributed by atoms with Crippen LogP contribution in [0.3, 0.4) is 0 Å². The molecule has 0 spiro atoms. The van der Waals surface area contributed by atoms with Crippen LogP contribution in [0.5, 0.6) is 5.88 Å². The highest BCUT2D eigenvalue weighted by Gasteiger charge is 2.14. The first kappa shape index (κ1) is 11.4. The summed E-state index contributed by atoms with van der Waals surface area (Å²) in [4.78, 5) is 11.8. The van der Waals surface area contributed by atoms with Crippen molar-refractivity contribution in [2.24, 2.45) is 10.2 Å². The Balaban J connectivity index is 3.68. The first-order chi connectivity index (χ1) is 7.04. The van der Waals surface area contributed by atoms with Crippen molar-refractivity contribution in [1.29, 1.82) is 0 Å².